The third-order valence-corrected chi connectivity index (χ3v) is 6.87. The van der Waals surface area contributed by atoms with Crippen molar-refractivity contribution in [1.82, 2.24) is 19.3 Å². The summed E-state index contributed by atoms with van der Waals surface area (Å²) < 4.78 is 3.51. The van der Waals surface area contributed by atoms with Gasteiger partial charge >= 0.3 is 0 Å². The number of imidazole rings is 1. The molecule has 0 unspecified atom stereocenters. The quantitative estimate of drug-likeness (QED) is 0.422. The van der Waals surface area contributed by atoms with Crippen LogP contribution >= 0.6 is 0 Å². The first-order valence-corrected chi connectivity index (χ1v) is 12.0. The number of aryl methyl sites for hydroxylation is 2. The number of hydrogen-bond acceptors (Lipinski definition) is 5. The molecule has 3 aromatic carbocycles. The number of benzene rings is 3. The van der Waals surface area contributed by atoms with Gasteiger partial charge in [-0.2, -0.15) is 5.10 Å². The Balaban J connectivity index is 1.23. The van der Waals surface area contributed by atoms with Crippen molar-refractivity contribution in [3.05, 3.63) is 94.2 Å². The molecule has 0 saturated carbocycles. The highest BCUT2D eigenvalue weighted by Gasteiger charge is 2.21. The lowest BCUT2D eigenvalue weighted by Crippen LogP contribution is -2.34. The summed E-state index contributed by atoms with van der Waals surface area (Å²) in [5.41, 5.74) is 5.32. The van der Waals surface area contributed by atoms with Crippen LogP contribution in [0.1, 0.15) is 17.1 Å². The van der Waals surface area contributed by atoms with Crippen molar-refractivity contribution in [3.8, 4) is 0 Å². The Labute approximate surface area is 207 Å². The molecule has 1 amide bonds. The average molecular weight is 479 g/mol. The van der Waals surface area contributed by atoms with Crippen LogP contribution in [0.15, 0.2) is 71.5 Å². The first kappa shape index (κ1) is 22.0. The number of anilines is 2. The largest absolute Gasteiger partial charge is 0.362 e. The lowest BCUT2D eigenvalue weighted by atomic mass is 10.1. The van der Waals surface area contributed by atoms with Gasteiger partial charge in [0.15, 0.2) is 0 Å². The molecule has 0 fully saturated rings. The normalized spacial score (nSPS) is 13.2. The van der Waals surface area contributed by atoms with Crippen LogP contribution in [0.2, 0.25) is 0 Å². The molecule has 6 rings (SSSR count). The molecule has 0 atom stereocenters. The number of carbonyl (C=O) groups is 1. The fraction of sp³-hybridized carbons (Fsp3) is 0.214. The lowest BCUT2D eigenvalue weighted by Gasteiger charge is -2.30. The number of para-hydroxylation sites is 2. The van der Waals surface area contributed by atoms with Crippen LogP contribution in [-0.4, -0.2) is 31.8 Å². The van der Waals surface area contributed by atoms with Crippen LogP contribution in [0.4, 0.5) is 11.4 Å². The zero-order valence-electron chi connectivity index (χ0n) is 20.2. The van der Waals surface area contributed by atoms with E-state index in [-0.39, 0.29) is 18.0 Å². The van der Waals surface area contributed by atoms with Gasteiger partial charge in [0.25, 0.3) is 5.56 Å². The molecule has 1 N–H and O–H groups in total. The van der Waals surface area contributed by atoms with Gasteiger partial charge in [-0.3, -0.25) is 9.59 Å². The Morgan fingerprint density at radius 2 is 1.75 bits per heavy atom. The molecule has 0 aliphatic carbocycles. The topological polar surface area (TPSA) is 85.1 Å². The fourth-order valence-corrected chi connectivity index (χ4v) is 4.97. The molecule has 5 aromatic rings. The maximum absolute atomic E-state index is 12.9. The second-order valence-corrected chi connectivity index (χ2v) is 9.23. The van der Waals surface area contributed by atoms with Crippen molar-refractivity contribution in [2.24, 2.45) is 0 Å². The van der Waals surface area contributed by atoms with Gasteiger partial charge in [-0.05, 0) is 49.7 Å². The van der Waals surface area contributed by atoms with Crippen LogP contribution in [0.5, 0.6) is 0 Å². The maximum Gasteiger partial charge on any atom is 0.275 e. The van der Waals surface area contributed by atoms with Crippen LogP contribution in [0.3, 0.4) is 0 Å². The molecular weight excluding hydrogens is 452 g/mol. The predicted octanol–water partition coefficient (Wildman–Crippen LogP) is 4.02. The summed E-state index contributed by atoms with van der Waals surface area (Å²) in [6.45, 7) is 6.04. The summed E-state index contributed by atoms with van der Waals surface area (Å²) in [7, 11) is 0. The third kappa shape index (κ3) is 3.80. The molecule has 0 bridgehead atoms. The van der Waals surface area contributed by atoms with Crippen LogP contribution in [0.25, 0.3) is 21.8 Å². The second kappa shape index (κ2) is 8.64. The molecule has 2 aromatic heterocycles. The van der Waals surface area contributed by atoms with Gasteiger partial charge in [-0.1, -0.05) is 36.4 Å². The van der Waals surface area contributed by atoms with Gasteiger partial charge in [-0.25, -0.2) is 9.67 Å². The summed E-state index contributed by atoms with van der Waals surface area (Å²) >= 11 is 0. The van der Waals surface area contributed by atoms with E-state index in [2.05, 4.69) is 32.0 Å². The van der Waals surface area contributed by atoms with Crippen LogP contribution in [0, 0.1) is 13.8 Å². The Kier molecular flexibility index (Phi) is 5.29. The van der Waals surface area contributed by atoms with E-state index < -0.39 is 0 Å². The number of nitrogens with zero attached hydrogens (tertiary/aromatic N) is 5. The Bertz CT molecular complexity index is 1700. The number of rotatable bonds is 4. The highest BCUT2D eigenvalue weighted by Crippen LogP contribution is 2.28. The minimum atomic E-state index is -0.292. The van der Waals surface area contributed by atoms with E-state index in [1.807, 2.05) is 62.4 Å². The van der Waals surface area contributed by atoms with Crippen molar-refractivity contribution < 1.29 is 4.79 Å². The van der Waals surface area contributed by atoms with E-state index in [1.54, 1.807) is 6.07 Å². The van der Waals surface area contributed by atoms with Crippen LogP contribution in [-0.2, 0) is 24.4 Å². The fourth-order valence-electron chi connectivity index (χ4n) is 4.97. The molecule has 1 aliphatic rings. The second-order valence-electron chi connectivity index (χ2n) is 9.23. The summed E-state index contributed by atoms with van der Waals surface area (Å²) in [6, 6.07) is 21.6. The van der Waals surface area contributed by atoms with Crippen molar-refractivity contribution >= 4 is 39.1 Å². The first-order valence-electron chi connectivity index (χ1n) is 12.0. The lowest BCUT2D eigenvalue weighted by molar-refractivity contribution is -0.117. The smallest absolute Gasteiger partial charge is 0.275 e. The summed E-state index contributed by atoms with van der Waals surface area (Å²) in [4.78, 5) is 32.9. The van der Waals surface area contributed by atoms with E-state index in [4.69, 9.17) is 4.98 Å². The van der Waals surface area contributed by atoms with Gasteiger partial charge < -0.3 is 14.8 Å². The first-order chi connectivity index (χ1) is 17.5. The van der Waals surface area contributed by atoms with Crippen LogP contribution < -0.4 is 15.8 Å². The molecule has 0 radical (unpaired) electrons. The molecule has 1 aliphatic heterocycles. The molecule has 3 heterocycles. The van der Waals surface area contributed by atoms with E-state index in [9.17, 15) is 9.59 Å². The Hall–Kier alpha value is -4.46. The van der Waals surface area contributed by atoms with Crippen molar-refractivity contribution in [2.75, 3.05) is 16.8 Å². The molecule has 180 valence electrons. The summed E-state index contributed by atoms with van der Waals surface area (Å²) in [6.07, 6.45) is 0. The third-order valence-electron chi connectivity index (χ3n) is 6.87. The van der Waals surface area contributed by atoms with Crippen molar-refractivity contribution in [2.45, 2.75) is 33.5 Å². The van der Waals surface area contributed by atoms with Gasteiger partial charge in [0, 0.05) is 29.9 Å². The maximum atomic E-state index is 12.9. The average Bonchev–Trinajstić information content (AvgIpc) is 3.26. The highest BCUT2D eigenvalue weighted by atomic mass is 16.2. The molecule has 8 nitrogen and oxygen atoms in total. The Morgan fingerprint density at radius 3 is 2.61 bits per heavy atom. The van der Waals surface area contributed by atoms with Gasteiger partial charge in [0.2, 0.25) is 5.91 Å². The predicted molar refractivity (Wildman–Crippen MR) is 141 cm³/mol. The molecule has 0 spiro atoms. The molecule has 36 heavy (non-hydrogen) atoms. The number of aromatic nitrogens is 4. The standard InChI is InChI=1S/C28H26N6O2/c1-18-11-12-20(32-13-14-33-25-10-6-5-9-23(25)29-26(33)16-32)15-24(18)30-27(35)17-34-28(36)22-8-4-3-7-21(22)19(2)31-34/h3-12,15H,13-14,16-17H2,1-2H3,(H,30,35). The summed E-state index contributed by atoms with van der Waals surface area (Å²) in [5.74, 6) is 0.741. The van der Waals surface area contributed by atoms with E-state index in [0.29, 0.717) is 17.6 Å². The number of fused-ring (bicyclic) bond motifs is 4. The minimum Gasteiger partial charge on any atom is -0.362 e. The summed E-state index contributed by atoms with van der Waals surface area (Å²) in [5, 5.41) is 8.71. The van der Waals surface area contributed by atoms with E-state index in [1.165, 1.54) is 4.68 Å². The zero-order chi connectivity index (χ0) is 24.8. The highest BCUT2D eigenvalue weighted by molar-refractivity contribution is 5.92. The van der Waals surface area contributed by atoms with Gasteiger partial charge in [-0.15, -0.1) is 0 Å². The van der Waals surface area contributed by atoms with Gasteiger partial charge in [0.1, 0.15) is 12.4 Å². The number of hydrogen-bond donors (Lipinski definition) is 1. The molecule has 0 saturated heterocycles. The molecular formula is C28H26N6O2. The number of nitrogens with one attached hydrogen (secondary N) is 1. The number of amides is 1. The van der Waals surface area contributed by atoms with E-state index in [0.717, 1.165) is 52.3 Å². The molecule has 8 heteroatoms. The van der Waals surface area contributed by atoms with Crippen molar-refractivity contribution in [1.29, 1.82) is 0 Å². The van der Waals surface area contributed by atoms with Gasteiger partial charge in [0.05, 0.1) is 28.7 Å². The van der Waals surface area contributed by atoms with Crippen molar-refractivity contribution in [3.63, 3.8) is 0 Å². The zero-order valence-corrected chi connectivity index (χ0v) is 20.2. The SMILES string of the molecule is Cc1ccc(N2CCn3c(nc4ccccc43)C2)cc1NC(=O)Cn1nc(C)c2ccccc2c1=O. The van der Waals surface area contributed by atoms with E-state index >= 15 is 0 Å². The number of carbonyl (C=O) groups excluding carboxylic acids is 1. The Morgan fingerprint density at radius 1 is 0.972 bits per heavy atom. The minimum absolute atomic E-state index is 0.151. The monoisotopic (exact) mass is 478 g/mol.